The van der Waals surface area contributed by atoms with Crippen molar-refractivity contribution in [2.24, 2.45) is 0 Å². The quantitative estimate of drug-likeness (QED) is 0.777. The van der Waals surface area contributed by atoms with Crippen molar-refractivity contribution in [1.82, 2.24) is 10.2 Å². The topological polar surface area (TPSA) is 50.8 Å². The van der Waals surface area contributed by atoms with Crippen LogP contribution >= 0.6 is 0 Å². The Morgan fingerprint density at radius 2 is 2.26 bits per heavy atom. The number of carbonyl (C=O) groups excluding carboxylic acids is 1. The monoisotopic (exact) mass is 324 g/mol. The third kappa shape index (κ3) is 4.99. The number of hydrogen-bond donors (Lipinski definition) is 1. The highest BCUT2D eigenvalue weighted by atomic mass is 19.1. The molecule has 6 heteroatoms. The van der Waals surface area contributed by atoms with Gasteiger partial charge in [-0.15, -0.1) is 0 Å². The lowest BCUT2D eigenvalue weighted by Crippen LogP contribution is -2.47. The van der Waals surface area contributed by atoms with Crippen LogP contribution in [0.1, 0.15) is 28.8 Å². The predicted octanol–water partition coefficient (Wildman–Crippen LogP) is 1.81. The van der Waals surface area contributed by atoms with Gasteiger partial charge in [0.15, 0.2) is 0 Å². The molecule has 0 radical (unpaired) electrons. The van der Waals surface area contributed by atoms with Gasteiger partial charge in [0.25, 0.3) is 5.91 Å². The van der Waals surface area contributed by atoms with Crippen LogP contribution in [0.2, 0.25) is 0 Å². The molecule has 1 atom stereocenters. The number of likely N-dealkylation sites (N-methyl/N-ethyl adjacent to an activating group) is 1. The van der Waals surface area contributed by atoms with Crippen molar-refractivity contribution < 1.29 is 18.7 Å². The van der Waals surface area contributed by atoms with Gasteiger partial charge in [-0.3, -0.25) is 4.79 Å². The van der Waals surface area contributed by atoms with Crippen LogP contribution in [0, 0.1) is 5.82 Å². The number of amides is 1. The molecule has 1 aliphatic rings. The van der Waals surface area contributed by atoms with Crippen LogP contribution < -0.4 is 5.32 Å². The Bertz CT molecular complexity index is 525. The molecule has 23 heavy (non-hydrogen) atoms. The summed E-state index contributed by atoms with van der Waals surface area (Å²) in [7, 11) is 3.49. The lowest BCUT2D eigenvalue weighted by molar-refractivity contribution is 0.0602. The van der Waals surface area contributed by atoms with Gasteiger partial charge < -0.3 is 19.7 Å². The molecule has 0 spiro atoms. The number of halogens is 1. The van der Waals surface area contributed by atoms with Crippen molar-refractivity contribution in [2.75, 3.05) is 40.5 Å². The summed E-state index contributed by atoms with van der Waals surface area (Å²) >= 11 is 0. The molecule has 128 valence electrons. The molecule has 1 aliphatic heterocycles. The molecule has 1 saturated heterocycles. The molecular weight excluding hydrogens is 299 g/mol. The summed E-state index contributed by atoms with van der Waals surface area (Å²) in [4.78, 5) is 14.4. The average molecular weight is 324 g/mol. The van der Waals surface area contributed by atoms with Crippen molar-refractivity contribution in [1.29, 1.82) is 0 Å². The van der Waals surface area contributed by atoms with Crippen molar-refractivity contribution >= 4 is 5.91 Å². The molecule has 1 heterocycles. The molecule has 1 aromatic rings. The summed E-state index contributed by atoms with van der Waals surface area (Å²) in [5, 5.41) is 3.21. The Labute approximate surface area is 136 Å². The average Bonchev–Trinajstić information content (AvgIpc) is 2.59. The third-order valence-corrected chi connectivity index (χ3v) is 4.10. The van der Waals surface area contributed by atoms with Crippen molar-refractivity contribution in [2.45, 2.75) is 25.5 Å². The van der Waals surface area contributed by atoms with Crippen LogP contribution in [0.3, 0.4) is 0 Å². The maximum atomic E-state index is 13.9. The van der Waals surface area contributed by atoms with Gasteiger partial charge in [-0.25, -0.2) is 4.39 Å². The molecule has 2 rings (SSSR count). The van der Waals surface area contributed by atoms with E-state index in [2.05, 4.69) is 5.32 Å². The van der Waals surface area contributed by atoms with Gasteiger partial charge in [0.05, 0.1) is 19.8 Å². The van der Waals surface area contributed by atoms with Crippen molar-refractivity contribution in [3.8, 4) is 0 Å². The highest BCUT2D eigenvalue weighted by Crippen LogP contribution is 2.17. The minimum atomic E-state index is -0.356. The van der Waals surface area contributed by atoms with Gasteiger partial charge in [0.2, 0.25) is 0 Å². The summed E-state index contributed by atoms with van der Waals surface area (Å²) in [6, 6.07) is 4.79. The molecule has 1 unspecified atom stereocenters. The number of carbonyl (C=O) groups is 1. The largest absolute Gasteiger partial charge is 0.382 e. The van der Waals surface area contributed by atoms with E-state index in [1.54, 1.807) is 19.2 Å². The van der Waals surface area contributed by atoms with Crippen LogP contribution in [0.25, 0.3) is 0 Å². The van der Waals surface area contributed by atoms with Gasteiger partial charge in [-0.05, 0) is 38.1 Å². The third-order valence-electron chi connectivity index (χ3n) is 4.10. The Morgan fingerprint density at radius 3 is 3.00 bits per heavy atom. The molecule has 1 fully saturated rings. The first-order valence-corrected chi connectivity index (χ1v) is 7.97. The number of methoxy groups -OCH3 is 1. The Kier molecular flexibility index (Phi) is 6.95. The number of likely N-dealkylation sites (tertiary alicyclic amines) is 1. The van der Waals surface area contributed by atoms with E-state index in [1.165, 1.54) is 6.07 Å². The van der Waals surface area contributed by atoms with E-state index in [-0.39, 0.29) is 18.3 Å². The van der Waals surface area contributed by atoms with E-state index in [9.17, 15) is 9.18 Å². The van der Waals surface area contributed by atoms with E-state index in [4.69, 9.17) is 9.47 Å². The smallest absolute Gasteiger partial charge is 0.253 e. The summed E-state index contributed by atoms with van der Waals surface area (Å²) in [6.07, 6.45) is 2.05. The normalized spacial score (nSPS) is 18.2. The van der Waals surface area contributed by atoms with Gasteiger partial charge in [0, 0.05) is 37.4 Å². The summed E-state index contributed by atoms with van der Waals surface area (Å²) < 4.78 is 24.1. The fourth-order valence-corrected chi connectivity index (χ4v) is 2.72. The van der Waals surface area contributed by atoms with Gasteiger partial charge in [-0.1, -0.05) is 0 Å². The molecule has 0 bridgehead atoms. The second-order valence-electron chi connectivity index (χ2n) is 5.73. The van der Waals surface area contributed by atoms with Crippen LogP contribution in [0.5, 0.6) is 0 Å². The molecule has 1 amide bonds. The maximum absolute atomic E-state index is 13.9. The Balaban J connectivity index is 2.02. The molecule has 0 aliphatic carbocycles. The Morgan fingerprint density at radius 1 is 1.43 bits per heavy atom. The molecule has 1 aromatic carbocycles. The fraction of sp³-hybridized carbons (Fsp3) is 0.588. The van der Waals surface area contributed by atoms with Crippen molar-refractivity contribution in [3.05, 3.63) is 35.1 Å². The molecule has 1 N–H and O–H groups in total. The predicted molar refractivity (Wildman–Crippen MR) is 85.9 cm³/mol. The number of benzene rings is 1. The fourth-order valence-electron chi connectivity index (χ4n) is 2.72. The summed E-state index contributed by atoms with van der Waals surface area (Å²) in [5.74, 6) is -0.409. The minimum Gasteiger partial charge on any atom is -0.382 e. The number of piperidine rings is 1. The minimum absolute atomic E-state index is 0.0527. The molecule has 0 saturated carbocycles. The van der Waals surface area contributed by atoms with Crippen LogP contribution in [0.4, 0.5) is 4.39 Å². The lowest BCUT2D eigenvalue weighted by atomic mass is 10.0. The van der Waals surface area contributed by atoms with E-state index in [1.807, 2.05) is 11.9 Å². The first-order chi connectivity index (χ1) is 11.2. The van der Waals surface area contributed by atoms with Crippen LogP contribution in [-0.2, 0) is 16.1 Å². The highest BCUT2D eigenvalue weighted by Gasteiger charge is 2.24. The summed E-state index contributed by atoms with van der Waals surface area (Å²) in [6.45, 7) is 2.42. The van der Waals surface area contributed by atoms with E-state index in [0.29, 0.717) is 36.9 Å². The van der Waals surface area contributed by atoms with Gasteiger partial charge in [0.1, 0.15) is 5.82 Å². The number of hydrogen-bond acceptors (Lipinski definition) is 4. The molecular formula is C17H25FN2O3. The van der Waals surface area contributed by atoms with E-state index < -0.39 is 0 Å². The SMILES string of the molecule is CNC1CCCN(C(=O)c2ccc(F)c(COCCOC)c2)C1. The second kappa shape index (κ2) is 8.96. The molecule has 5 nitrogen and oxygen atoms in total. The number of nitrogens with zero attached hydrogens (tertiary/aromatic N) is 1. The number of nitrogens with one attached hydrogen (secondary N) is 1. The van der Waals surface area contributed by atoms with Crippen LogP contribution in [0.15, 0.2) is 18.2 Å². The standard InChI is InChI=1S/C17H25FN2O3/c1-19-15-4-3-7-20(11-15)17(21)13-5-6-16(18)14(10-13)12-23-9-8-22-2/h5-6,10,15,19H,3-4,7-9,11-12H2,1-2H3. The Hall–Kier alpha value is -1.50. The summed E-state index contributed by atoms with van der Waals surface area (Å²) in [5.41, 5.74) is 0.905. The first kappa shape index (κ1) is 17.8. The van der Waals surface area contributed by atoms with Crippen LogP contribution in [-0.4, -0.2) is 57.3 Å². The highest BCUT2D eigenvalue weighted by molar-refractivity contribution is 5.94. The molecule has 0 aromatic heterocycles. The van der Waals surface area contributed by atoms with Crippen molar-refractivity contribution in [3.63, 3.8) is 0 Å². The van der Waals surface area contributed by atoms with Gasteiger partial charge in [-0.2, -0.15) is 0 Å². The van der Waals surface area contributed by atoms with E-state index in [0.717, 1.165) is 19.4 Å². The van der Waals surface area contributed by atoms with Gasteiger partial charge >= 0.3 is 0 Å². The number of rotatable bonds is 7. The number of ether oxygens (including phenoxy) is 2. The van der Waals surface area contributed by atoms with E-state index >= 15 is 0 Å². The maximum Gasteiger partial charge on any atom is 0.253 e. The second-order valence-corrected chi connectivity index (χ2v) is 5.73. The zero-order valence-electron chi connectivity index (χ0n) is 13.8. The zero-order chi connectivity index (χ0) is 16.7. The lowest BCUT2D eigenvalue weighted by Gasteiger charge is -2.32. The first-order valence-electron chi connectivity index (χ1n) is 7.97. The zero-order valence-corrected chi connectivity index (χ0v) is 13.8.